The molecule has 3 nitrogen and oxygen atoms in total. The first-order valence-electron chi connectivity index (χ1n) is 10.5. The van der Waals surface area contributed by atoms with Crippen molar-refractivity contribution in [2.45, 2.75) is 45.1 Å². The largest absolute Gasteiger partial charge is 0.748 e. The van der Waals surface area contributed by atoms with E-state index in [4.69, 9.17) is 4.74 Å². The van der Waals surface area contributed by atoms with E-state index in [2.05, 4.69) is 24.0 Å². The van der Waals surface area contributed by atoms with Crippen molar-refractivity contribution in [2.75, 3.05) is 13.7 Å². The fourth-order valence-corrected chi connectivity index (χ4v) is 4.07. The number of aryl methyl sites for hydroxylation is 1. The summed E-state index contributed by atoms with van der Waals surface area (Å²) in [5.41, 5.74) is 3.75. The molecule has 0 aromatic heterocycles. The average molecular weight is 445 g/mol. The molecule has 0 spiro atoms. The number of hydrogen-bond acceptors (Lipinski definition) is 2. The van der Waals surface area contributed by atoms with Crippen LogP contribution in [0.3, 0.4) is 0 Å². The SMILES string of the molecule is CCCN(C(=O)C[c-]1cccc1)C1CCc2cccc(OC)c2C1.[Fe].[cH-]1[cH-][cH-][cH-][cH-]1. The summed E-state index contributed by atoms with van der Waals surface area (Å²) in [5.74, 6) is 1.20. The van der Waals surface area contributed by atoms with Gasteiger partial charge < -0.3 is 40.0 Å². The van der Waals surface area contributed by atoms with Crippen LogP contribution in [0.4, 0.5) is 0 Å². The molecule has 1 unspecified atom stereocenters. The van der Waals surface area contributed by atoms with E-state index in [1.54, 1.807) is 7.11 Å². The minimum absolute atomic E-state index is 0. The molecule has 3 aromatic rings. The smallest absolute Gasteiger partial charge is 0.215 e. The van der Waals surface area contributed by atoms with Crippen molar-refractivity contribution < 1.29 is 26.6 Å². The molecule has 0 saturated carbocycles. The Kier molecular flexibility index (Phi) is 9.93. The molecule has 0 fully saturated rings. The van der Waals surface area contributed by atoms with Crippen molar-refractivity contribution in [3.8, 4) is 5.75 Å². The molecular formula is C26H31FeNO2-6. The summed E-state index contributed by atoms with van der Waals surface area (Å²) >= 11 is 0. The maximum absolute atomic E-state index is 12.9. The molecule has 0 bridgehead atoms. The zero-order valence-electron chi connectivity index (χ0n) is 17.9. The Morgan fingerprint density at radius 1 is 1.13 bits per heavy atom. The Labute approximate surface area is 191 Å². The first kappa shape index (κ1) is 24.0. The van der Waals surface area contributed by atoms with E-state index in [1.807, 2.05) is 60.7 Å². The summed E-state index contributed by atoms with van der Waals surface area (Å²) in [4.78, 5) is 15.0. The zero-order chi connectivity index (χ0) is 20.5. The van der Waals surface area contributed by atoms with E-state index in [-0.39, 0.29) is 29.0 Å². The monoisotopic (exact) mass is 445 g/mol. The van der Waals surface area contributed by atoms with Gasteiger partial charge >= 0.3 is 0 Å². The number of nitrogens with zero attached hydrogens (tertiary/aromatic N) is 1. The molecule has 4 heteroatoms. The van der Waals surface area contributed by atoms with Crippen LogP contribution < -0.4 is 4.74 Å². The molecule has 3 aromatic carbocycles. The van der Waals surface area contributed by atoms with Gasteiger partial charge in [-0.3, -0.25) is 4.79 Å². The van der Waals surface area contributed by atoms with E-state index >= 15 is 0 Å². The molecule has 30 heavy (non-hydrogen) atoms. The van der Waals surface area contributed by atoms with E-state index in [0.717, 1.165) is 43.5 Å². The van der Waals surface area contributed by atoms with E-state index in [0.29, 0.717) is 6.42 Å². The summed E-state index contributed by atoms with van der Waals surface area (Å²) in [6.07, 6.45) is 4.43. The van der Waals surface area contributed by atoms with Crippen molar-refractivity contribution in [1.29, 1.82) is 0 Å². The average Bonchev–Trinajstić information content (AvgIpc) is 3.48. The number of ether oxygens (including phenoxy) is 1. The molecule has 1 amide bonds. The number of fused-ring (bicyclic) bond motifs is 1. The van der Waals surface area contributed by atoms with Gasteiger partial charge in [-0.05, 0) is 42.9 Å². The fourth-order valence-electron chi connectivity index (χ4n) is 4.07. The number of amides is 1. The molecule has 0 radical (unpaired) electrons. The van der Waals surface area contributed by atoms with Gasteiger partial charge in [-0.1, -0.05) is 19.1 Å². The maximum Gasteiger partial charge on any atom is 0.215 e. The molecule has 0 heterocycles. The van der Waals surface area contributed by atoms with Gasteiger partial charge in [0.05, 0.1) is 7.11 Å². The van der Waals surface area contributed by atoms with Crippen LogP contribution in [-0.2, 0) is 41.1 Å². The Hall–Kier alpha value is -2.29. The predicted molar refractivity (Wildman–Crippen MR) is 119 cm³/mol. The Morgan fingerprint density at radius 2 is 1.80 bits per heavy atom. The van der Waals surface area contributed by atoms with Gasteiger partial charge in [0.15, 0.2) is 0 Å². The Balaban J connectivity index is 0.000000468. The van der Waals surface area contributed by atoms with Crippen molar-refractivity contribution >= 4 is 5.91 Å². The summed E-state index contributed by atoms with van der Waals surface area (Å²) in [7, 11) is 1.73. The van der Waals surface area contributed by atoms with Gasteiger partial charge in [-0.2, -0.15) is 12.1 Å². The van der Waals surface area contributed by atoms with Crippen molar-refractivity contribution in [3.63, 3.8) is 0 Å². The molecule has 0 N–H and O–H groups in total. The minimum atomic E-state index is 0. The molecule has 0 saturated heterocycles. The first-order chi connectivity index (χ1) is 14.2. The first-order valence-corrected chi connectivity index (χ1v) is 10.5. The van der Waals surface area contributed by atoms with Gasteiger partial charge in [0.1, 0.15) is 5.75 Å². The Morgan fingerprint density at radius 3 is 2.40 bits per heavy atom. The van der Waals surface area contributed by atoms with Gasteiger partial charge in [0, 0.05) is 36.1 Å². The molecule has 1 aliphatic rings. The number of carbonyl (C=O) groups excluding carboxylic acids is 1. The van der Waals surface area contributed by atoms with Crippen LogP contribution in [0.1, 0.15) is 36.5 Å². The van der Waals surface area contributed by atoms with Crippen LogP contribution in [0, 0.1) is 0 Å². The number of benzene rings is 1. The Bertz CT molecular complexity index is 824. The maximum atomic E-state index is 12.9. The standard InChI is InChI=1S/C21H26NO2.C5H5.Fe/c1-3-13-22(21(23)14-16-7-4-5-8-16)18-12-11-17-9-6-10-20(24-2)19(17)15-18;1-2-4-5-3-1;/h4-10,18H,3,11-15H2,1-2H3;1-5H;/q-1;-5;. The van der Waals surface area contributed by atoms with E-state index in [1.165, 1.54) is 11.1 Å². The molecule has 166 valence electrons. The summed E-state index contributed by atoms with van der Waals surface area (Å²) in [6.45, 7) is 2.97. The zero-order valence-corrected chi connectivity index (χ0v) is 19.0. The van der Waals surface area contributed by atoms with Crippen LogP contribution in [0.15, 0.2) is 72.8 Å². The molecule has 0 aliphatic heterocycles. The summed E-state index contributed by atoms with van der Waals surface area (Å²) in [6, 6.07) is 24.6. The number of carbonyl (C=O) groups is 1. The van der Waals surface area contributed by atoms with E-state index < -0.39 is 0 Å². The quantitative estimate of drug-likeness (QED) is 0.388. The van der Waals surface area contributed by atoms with Crippen LogP contribution >= 0.6 is 0 Å². The van der Waals surface area contributed by atoms with Crippen LogP contribution in [0.25, 0.3) is 0 Å². The minimum Gasteiger partial charge on any atom is -0.748 e. The molecule has 4 rings (SSSR count). The molecular weight excluding hydrogens is 414 g/mol. The van der Waals surface area contributed by atoms with Crippen molar-refractivity contribution in [1.82, 2.24) is 4.90 Å². The third-order valence-corrected chi connectivity index (χ3v) is 5.50. The third kappa shape index (κ3) is 6.35. The van der Waals surface area contributed by atoms with Crippen LogP contribution in [0.2, 0.25) is 0 Å². The van der Waals surface area contributed by atoms with Crippen molar-refractivity contribution in [3.05, 3.63) is 89.5 Å². The van der Waals surface area contributed by atoms with Gasteiger partial charge in [0.2, 0.25) is 5.91 Å². The molecule has 1 aliphatic carbocycles. The second-order valence-electron chi connectivity index (χ2n) is 7.51. The predicted octanol–water partition coefficient (Wildman–Crippen LogP) is 5.16. The fraction of sp³-hybridized carbons (Fsp3) is 0.346. The summed E-state index contributed by atoms with van der Waals surface area (Å²) in [5, 5.41) is 0. The van der Waals surface area contributed by atoms with Crippen LogP contribution in [-0.4, -0.2) is 30.5 Å². The van der Waals surface area contributed by atoms with Crippen LogP contribution in [0.5, 0.6) is 5.75 Å². The van der Waals surface area contributed by atoms with Gasteiger partial charge in [0.25, 0.3) is 0 Å². The van der Waals surface area contributed by atoms with E-state index in [9.17, 15) is 4.79 Å². The number of methoxy groups -OCH3 is 1. The normalized spacial score (nSPS) is 14.5. The van der Waals surface area contributed by atoms with Crippen molar-refractivity contribution in [2.24, 2.45) is 0 Å². The number of hydrogen-bond donors (Lipinski definition) is 0. The second kappa shape index (κ2) is 12.4. The topological polar surface area (TPSA) is 29.5 Å². The second-order valence-corrected chi connectivity index (χ2v) is 7.51. The van der Waals surface area contributed by atoms with Gasteiger partial charge in [-0.15, -0.1) is 5.56 Å². The number of rotatable bonds is 6. The third-order valence-electron chi connectivity index (χ3n) is 5.50. The van der Waals surface area contributed by atoms with Gasteiger partial charge in [-0.25, -0.2) is 12.1 Å². The summed E-state index contributed by atoms with van der Waals surface area (Å²) < 4.78 is 5.54. The molecule has 1 atom stereocenters.